The van der Waals surface area contributed by atoms with Gasteiger partial charge in [0.15, 0.2) is 5.58 Å². The van der Waals surface area contributed by atoms with Crippen molar-refractivity contribution in [1.82, 2.24) is 14.8 Å². The Balaban J connectivity index is 1.73. The highest BCUT2D eigenvalue weighted by Crippen LogP contribution is 2.18. The molecular weight excluding hydrogens is 308 g/mol. The zero-order chi connectivity index (χ0) is 17.3. The number of carbonyl (C=O) groups is 1. The molecule has 2 atom stereocenters. The summed E-state index contributed by atoms with van der Waals surface area (Å²) in [5.41, 5.74) is 7.40. The highest BCUT2D eigenvalue weighted by atomic mass is 16.4. The molecule has 24 heavy (non-hydrogen) atoms. The van der Waals surface area contributed by atoms with Gasteiger partial charge in [0.1, 0.15) is 0 Å². The third-order valence-corrected chi connectivity index (χ3v) is 4.35. The zero-order valence-corrected chi connectivity index (χ0v) is 14.1. The Kier molecular flexibility index (Phi) is 4.73. The van der Waals surface area contributed by atoms with E-state index < -0.39 is 0 Å². The Hall–Kier alpha value is -2.12. The lowest BCUT2D eigenvalue weighted by Gasteiger charge is -2.24. The molecule has 0 unspecified atom stereocenters. The largest absolute Gasteiger partial charge is 0.419 e. The predicted octanol–water partition coefficient (Wildman–Crippen LogP) is 0.521. The number of hydrogen-bond donors (Lipinski definition) is 2. The number of para-hydroxylation sites is 2. The minimum absolute atomic E-state index is 0.00217. The summed E-state index contributed by atoms with van der Waals surface area (Å²) in [5.74, 6) is -0.370. The number of nitrogens with zero attached hydrogens (tertiary/aromatic N) is 2. The molecule has 0 radical (unpaired) electrons. The topological polar surface area (TPSA) is 93.5 Å². The molecule has 3 rings (SSSR count). The third kappa shape index (κ3) is 3.37. The molecule has 1 aromatic carbocycles. The van der Waals surface area contributed by atoms with Gasteiger partial charge in [0.2, 0.25) is 5.91 Å². The highest BCUT2D eigenvalue weighted by Gasteiger charge is 2.35. The second-order valence-corrected chi connectivity index (χ2v) is 6.66. The van der Waals surface area contributed by atoms with Crippen molar-refractivity contribution in [2.75, 3.05) is 13.1 Å². The summed E-state index contributed by atoms with van der Waals surface area (Å²) in [7, 11) is 0. The number of amides is 1. The van der Waals surface area contributed by atoms with Crippen LogP contribution < -0.4 is 16.8 Å². The van der Waals surface area contributed by atoms with Gasteiger partial charge in [-0.15, -0.1) is 0 Å². The third-order valence-electron chi connectivity index (χ3n) is 4.35. The van der Waals surface area contributed by atoms with Crippen molar-refractivity contribution in [3.8, 4) is 0 Å². The van der Waals surface area contributed by atoms with E-state index in [-0.39, 0.29) is 29.8 Å². The zero-order valence-electron chi connectivity index (χ0n) is 14.1. The van der Waals surface area contributed by atoms with Crippen molar-refractivity contribution < 1.29 is 9.21 Å². The van der Waals surface area contributed by atoms with Crippen molar-refractivity contribution in [2.24, 2.45) is 5.73 Å². The number of benzene rings is 1. The maximum absolute atomic E-state index is 12.4. The average Bonchev–Trinajstić information content (AvgIpc) is 3.04. The number of oxazole rings is 1. The fourth-order valence-corrected chi connectivity index (χ4v) is 3.29. The van der Waals surface area contributed by atoms with Crippen LogP contribution >= 0.6 is 0 Å². The lowest BCUT2D eigenvalue weighted by Crippen LogP contribution is -2.46. The number of carbonyl (C=O) groups excluding carboxylic acids is 1. The van der Waals surface area contributed by atoms with Gasteiger partial charge in [-0.3, -0.25) is 14.3 Å². The Morgan fingerprint density at radius 1 is 1.38 bits per heavy atom. The van der Waals surface area contributed by atoms with Gasteiger partial charge in [0, 0.05) is 31.7 Å². The quantitative estimate of drug-likeness (QED) is 0.833. The molecule has 7 nitrogen and oxygen atoms in total. The second kappa shape index (κ2) is 6.78. The van der Waals surface area contributed by atoms with Gasteiger partial charge in [0.25, 0.3) is 0 Å². The minimum atomic E-state index is -0.372. The van der Waals surface area contributed by atoms with Crippen molar-refractivity contribution in [1.29, 1.82) is 0 Å². The fraction of sp³-hybridized carbons (Fsp3) is 0.529. The number of rotatable bonds is 5. The number of likely N-dealkylation sites (tertiary alicyclic amines) is 1. The Bertz CT molecular complexity index is 779. The van der Waals surface area contributed by atoms with Crippen LogP contribution in [-0.4, -0.2) is 46.6 Å². The normalized spacial score (nSPS) is 21.7. The van der Waals surface area contributed by atoms with Crippen molar-refractivity contribution in [3.05, 3.63) is 34.8 Å². The Morgan fingerprint density at radius 3 is 2.88 bits per heavy atom. The Morgan fingerprint density at radius 2 is 2.12 bits per heavy atom. The maximum Gasteiger partial charge on any atom is 0.419 e. The molecule has 1 saturated heterocycles. The molecule has 0 bridgehead atoms. The summed E-state index contributed by atoms with van der Waals surface area (Å²) in [6.45, 7) is 5.57. The molecule has 1 amide bonds. The van der Waals surface area contributed by atoms with Crippen LogP contribution in [0.5, 0.6) is 0 Å². The molecule has 130 valence electrons. The molecule has 1 aliphatic heterocycles. The summed E-state index contributed by atoms with van der Waals surface area (Å²) in [5, 5.41) is 2.95. The van der Waals surface area contributed by atoms with E-state index in [4.69, 9.17) is 10.2 Å². The van der Waals surface area contributed by atoms with Gasteiger partial charge >= 0.3 is 5.76 Å². The van der Waals surface area contributed by atoms with Crippen LogP contribution in [0.4, 0.5) is 0 Å². The van der Waals surface area contributed by atoms with Crippen molar-refractivity contribution in [3.63, 3.8) is 0 Å². The van der Waals surface area contributed by atoms with E-state index in [0.29, 0.717) is 31.6 Å². The minimum Gasteiger partial charge on any atom is -0.408 e. The molecule has 0 spiro atoms. The first-order chi connectivity index (χ1) is 11.5. The summed E-state index contributed by atoms with van der Waals surface area (Å²) in [6, 6.07) is 7.18. The van der Waals surface area contributed by atoms with Crippen LogP contribution in [0.15, 0.2) is 33.5 Å². The number of nitrogens with one attached hydrogen (secondary N) is 1. The van der Waals surface area contributed by atoms with Crippen LogP contribution in [0.3, 0.4) is 0 Å². The van der Waals surface area contributed by atoms with E-state index in [1.54, 1.807) is 10.6 Å². The molecule has 1 fully saturated rings. The molecule has 2 aromatic rings. The standard InChI is InChI=1S/C17H24N4O3/c1-11(2)19-16(22)14-9-12(18)10-20(14)7-8-21-13-5-3-4-6-15(13)24-17(21)23/h3-6,11-12,14H,7-10,18H2,1-2H3,(H,19,22)/t12-,14-/m0/s1. The van der Waals surface area contributed by atoms with E-state index >= 15 is 0 Å². The maximum atomic E-state index is 12.4. The van der Waals surface area contributed by atoms with Gasteiger partial charge in [-0.25, -0.2) is 4.79 Å². The van der Waals surface area contributed by atoms with E-state index in [1.807, 2.05) is 32.0 Å². The molecule has 1 aromatic heterocycles. The summed E-state index contributed by atoms with van der Waals surface area (Å²) in [4.78, 5) is 26.5. The molecule has 3 N–H and O–H groups in total. The molecule has 1 aliphatic rings. The highest BCUT2D eigenvalue weighted by molar-refractivity contribution is 5.82. The van der Waals surface area contributed by atoms with Gasteiger partial charge < -0.3 is 15.5 Å². The number of hydrogen-bond acceptors (Lipinski definition) is 5. The van der Waals surface area contributed by atoms with Gasteiger partial charge in [-0.05, 0) is 32.4 Å². The number of fused-ring (bicyclic) bond motifs is 1. The summed E-state index contributed by atoms with van der Waals surface area (Å²) < 4.78 is 6.85. The number of aromatic nitrogens is 1. The predicted molar refractivity (Wildman–Crippen MR) is 91.7 cm³/mol. The van der Waals surface area contributed by atoms with E-state index in [0.717, 1.165) is 5.52 Å². The molecule has 0 saturated carbocycles. The van der Waals surface area contributed by atoms with Crippen molar-refractivity contribution >= 4 is 17.0 Å². The molecule has 2 heterocycles. The van der Waals surface area contributed by atoms with Crippen LogP contribution in [-0.2, 0) is 11.3 Å². The Labute approximate surface area is 140 Å². The molecular formula is C17H24N4O3. The molecule has 7 heteroatoms. The van der Waals surface area contributed by atoms with Gasteiger partial charge in [0.05, 0.1) is 11.6 Å². The number of nitrogens with two attached hydrogens (primary N) is 1. The van der Waals surface area contributed by atoms with Crippen LogP contribution in [0, 0.1) is 0 Å². The monoisotopic (exact) mass is 332 g/mol. The molecule has 0 aliphatic carbocycles. The first kappa shape index (κ1) is 16.7. The van der Waals surface area contributed by atoms with Crippen LogP contribution in [0.25, 0.3) is 11.1 Å². The summed E-state index contributed by atoms with van der Waals surface area (Å²) in [6.07, 6.45) is 0.638. The lowest BCUT2D eigenvalue weighted by atomic mass is 10.1. The van der Waals surface area contributed by atoms with Crippen LogP contribution in [0.1, 0.15) is 20.3 Å². The first-order valence-electron chi connectivity index (χ1n) is 8.34. The first-order valence-corrected chi connectivity index (χ1v) is 8.34. The van der Waals surface area contributed by atoms with E-state index in [9.17, 15) is 9.59 Å². The van der Waals surface area contributed by atoms with E-state index in [2.05, 4.69) is 10.2 Å². The van der Waals surface area contributed by atoms with E-state index in [1.165, 1.54) is 0 Å². The van der Waals surface area contributed by atoms with Gasteiger partial charge in [-0.1, -0.05) is 12.1 Å². The summed E-state index contributed by atoms with van der Waals surface area (Å²) >= 11 is 0. The fourth-order valence-electron chi connectivity index (χ4n) is 3.29. The smallest absolute Gasteiger partial charge is 0.408 e. The lowest BCUT2D eigenvalue weighted by molar-refractivity contribution is -0.126. The average molecular weight is 332 g/mol. The van der Waals surface area contributed by atoms with Gasteiger partial charge in [-0.2, -0.15) is 0 Å². The second-order valence-electron chi connectivity index (χ2n) is 6.66. The van der Waals surface area contributed by atoms with Crippen molar-refractivity contribution in [2.45, 2.75) is 44.9 Å². The van der Waals surface area contributed by atoms with Crippen LogP contribution in [0.2, 0.25) is 0 Å². The SMILES string of the molecule is CC(C)NC(=O)[C@@H]1C[C@H](N)CN1CCn1c(=O)oc2ccccc21.